The number of pyridine rings is 1. The van der Waals surface area contributed by atoms with Crippen LogP contribution in [0.4, 0.5) is 18.9 Å². The van der Waals surface area contributed by atoms with Gasteiger partial charge in [-0.25, -0.2) is 4.98 Å². The van der Waals surface area contributed by atoms with Gasteiger partial charge in [-0.15, -0.1) is 0 Å². The van der Waals surface area contributed by atoms with E-state index in [1.165, 1.54) is 12.1 Å². The Kier molecular flexibility index (Phi) is 5.45. The molecule has 28 heavy (non-hydrogen) atoms. The average Bonchev–Trinajstić information content (AvgIpc) is 3.00. The van der Waals surface area contributed by atoms with E-state index < -0.39 is 12.1 Å². The van der Waals surface area contributed by atoms with Crippen LogP contribution in [0.1, 0.15) is 11.3 Å². The van der Waals surface area contributed by atoms with Crippen molar-refractivity contribution in [1.82, 2.24) is 9.38 Å². The number of halogens is 5. The third-order valence-electron chi connectivity index (χ3n) is 4.01. The Labute approximate surface area is 168 Å². The molecular weight excluding hydrogens is 418 g/mol. The molecule has 3 aromatic rings. The van der Waals surface area contributed by atoms with E-state index >= 15 is 0 Å². The summed E-state index contributed by atoms with van der Waals surface area (Å²) >= 11 is 12.4. The molecule has 10 heteroatoms. The van der Waals surface area contributed by atoms with Gasteiger partial charge in [0.25, 0.3) is 0 Å². The topological polar surface area (TPSA) is 46.8 Å². The fourth-order valence-electron chi connectivity index (χ4n) is 2.65. The largest absolute Gasteiger partial charge is 0.485 e. The molecule has 0 unspecified atom stereocenters. The van der Waals surface area contributed by atoms with Gasteiger partial charge in [-0.1, -0.05) is 23.2 Å². The van der Waals surface area contributed by atoms with Gasteiger partial charge in [0.15, 0.2) is 11.4 Å². The van der Waals surface area contributed by atoms with E-state index in [0.29, 0.717) is 16.3 Å². The Morgan fingerprint density at radius 3 is 2.68 bits per heavy atom. The maximum atomic E-state index is 12.7. The molecule has 0 N–H and O–H groups in total. The molecule has 0 saturated carbocycles. The lowest BCUT2D eigenvalue weighted by molar-refractivity contribution is -0.170. The molecule has 0 atom stereocenters. The highest BCUT2D eigenvalue weighted by atomic mass is 35.5. The summed E-state index contributed by atoms with van der Waals surface area (Å²) in [6, 6.07) is 6.07. The van der Waals surface area contributed by atoms with E-state index in [2.05, 4.69) is 4.98 Å². The summed E-state index contributed by atoms with van der Waals surface area (Å²) < 4.78 is 45.7. The summed E-state index contributed by atoms with van der Waals surface area (Å²) in [7, 11) is 0.990. The van der Waals surface area contributed by atoms with Crippen LogP contribution in [-0.2, 0) is 11.4 Å². The molecule has 1 aromatic carbocycles. The van der Waals surface area contributed by atoms with Crippen LogP contribution in [0.5, 0.6) is 5.75 Å². The average molecular weight is 432 g/mol. The van der Waals surface area contributed by atoms with Gasteiger partial charge < -0.3 is 14.0 Å². The summed E-state index contributed by atoms with van der Waals surface area (Å²) in [6.07, 6.45) is -1.40. The molecule has 5 nitrogen and oxygen atoms in total. The number of benzene rings is 1. The second-order valence-corrected chi connectivity index (χ2v) is 6.78. The Balaban J connectivity index is 1.91. The molecule has 0 fully saturated rings. The Morgan fingerprint density at radius 1 is 1.29 bits per heavy atom. The number of imidazole rings is 1. The number of nitrogens with zero attached hydrogens (tertiary/aromatic N) is 3. The van der Waals surface area contributed by atoms with E-state index in [9.17, 15) is 18.0 Å². The first-order chi connectivity index (χ1) is 13.1. The van der Waals surface area contributed by atoms with E-state index in [0.717, 1.165) is 12.7 Å². The molecule has 0 aliphatic heterocycles. The van der Waals surface area contributed by atoms with Crippen LogP contribution in [-0.4, -0.2) is 28.5 Å². The van der Waals surface area contributed by atoms with Crippen LogP contribution in [0.15, 0.2) is 36.7 Å². The highest BCUT2D eigenvalue weighted by Crippen LogP contribution is 2.36. The second-order valence-electron chi connectivity index (χ2n) is 6.00. The van der Waals surface area contributed by atoms with Crippen LogP contribution in [0.2, 0.25) is 10.0 Å². The molecule has 2 heterocycles. The molecule has 1 amide bonds. The van der Waals surface area contributed by atoms with Crippen molar-refractivity contribution in [3.05, 3.63) is 58.0 Å². The van der Waals surface area contributed by atoms with Gasteiger partial charge in [-0.2, -0.15) is 13.2 Å². The number of amides is 1. The molecule has 0 aliphatic rings. The number of aromatic nitrogens is 2. The molecule has 0 bridgehead atoms. The predicted molar refractivity (Wildman–Crippen MR) is 100 cm³/mol. The Morgan fingerprint density at radius 2 is 2.00 bits per heavy atom. The minimum atomic E-state index is -5.03. The molecule has 0 radical (unpaired) electrons. The van der Waals surface area contributed by atoms with E-state index in [4.69, 9.17) is 27.9 Å². The normalized spacial score (nSPS) is 11.7. The zero-order valence-electron chi connectivity index (χ0n) is 14.7. The van der Waals surface area contributed by atoms with Crippen molar-refractivity contribution in [2.24, 2.45) is 0 Å². The van der Waals surface area contributed by atoms with Crippen molar-refractivity contribution < 1.29 is 22.7 Å². The number of carbonyl (C=O) groups excluding carboxylic acids is 1. The Hall–Kier alpha value is -2.45. The highest BCUT2D eigenvalue weighted by Gasteiger charge is 2.42. The number of aryl methyl sites for hydroxylation is 1. The van der Waals surface area contributed by atoms with Gasteiger partial charge in [-0.05, 0) is 31.2 Å². The van der Waals surface area contributed by atoms with E-state index in [1.54, 1.807) is 22.7 Å². The summed E-state index contributed by atoms with van der Waals surface area (Å²) in [5.41, 5.74) is 1.50. The fraction of sp³-hybridized carbons (Fsp3) is 0.222. The number of ether oxygens (including phenoxy) is 1. The maximum absolute atomic E-state index is 12.7. The molecule has 148 valence electrons. The van der Waals surface area contributed by atoms with Crippen molar-refractivity contribution in [3.8, 4) is 5.75 Å². The quantitative estimate of drug-likeness (QED) is 0.580. The van der Waals surface area contributed by atoms with E-state index in [1.807, 2.05) is 13.1 Å². The van der Waals surface area contributed by atoms with Crippen LogP contribution in [0.3, 0.4) is 0 Å². The number of anilines is 1. The molecule has 0 saturated heterocycles. The zero-order valence-corrected chi connectivity index (χ0v) is 16.2. The fourth-order valence-corrected chi connectivity index (χ4v) is 3.26. The van der Waals surface area contributed by atoms with Gasteiger partial charge in [0, 0.05) is 30.0 Å². The third kappa shape index (κ3) is 3.88. The van der Waals surface area contributed by atoms with Crippen molar-refractivity contribution in [1.29, 1.82) is 0 Å². The van der Waals surface area contributed by atoms with Crippen LogP contribution in [0, 0.1) is 6.92 Å². The molecule has 0 spiro atoms. The standard InChI is InChI=1S/C18H14Cl2F3N3O2/c1-10-8-26-7-3-4-14(16(26)24-10)28-9-11-12(19)5-6-13(15(11)20)25(2)17(27)18(21,22)23/h3-8H,9H2,1-2H3. The van der Waals surface area contributed by atoms with Gasteiger partial charge in [-0.3, -0.25) is 4.79 Å². The number of hydrogen-bond acceptors (Lipinski definition) is 3. The number of rotatable bonds is 4. The smallest absolute Gasteiger partial charge is 0.471 e. The lowest BCUT2D eigenvalue weighted by Crippen LogP contribution is -2.38. The lowest BCUT2D eigenvalue weighted by Gasteiger charge is -2.22. The van der Waals surface area contributed by atoms with Crippen molar-refractivity contribution in [2.75, 3.05) is 11.9 Å². The summed E-state index contributed by atoms with van der Waals surface area (Å²) in [6.45, 7) is 1.71. The van der Waals surface area contributed by atoms with Gasteiger partial charge in [0.05, 0.1) is 16.4 Å². The SMILES string of the molecule is Cc1cn2cccc(OCc3c(Cl)ccc(N(C)C(=O)C(F)(F)F)c3Cl)c2n1. The summed E-state index contributed by atoms with van der Waals surface area (Å²) in [5, 5.41) is 0.104. The number of fused-ring (bicyclic) bond motifs is 1. The minimum absolute atomic E-state index is 0.0981. The van der Waals surface area contributed by atoms with Gasteiger partial charge in [0.2, 0.25) is 0 Å². The molecule has 0 aliphatic carbocycles. The first-order valence-electron chi connectivity index (χ1n) is 7.98. The first kappa shape index (κ1) is 20.3. The maximum Gasteiger partial charge on any atom is 0.471 e. The van der Waals surface area contributed by atoms with Crippen LogP contribution in [0.25, 0.3) is 5.65 Å². The number of hydrogen-bond donors (Lipinski definition) is 0. The minimum Gasteiger partial charge on any atom is -0.485 e. The third-order valence-corrected chi connectivity index (χ3v) is 4.79. The monoisotopic (exact) mass is 431 g/mol. The lowest BCUT2D eigenvalue weighted by atomic mass is 10.2. The zero-order chi connectivity index (χ0) is 20.6. The van der Waals surface area contributed by atoms with Crippen LogP contribution >= 0.6 is 23.2 Å². The first-order valence-corrected chi connectivity index (χ1v) is 8.74. The van der Waals surface area contributed by atoms with Gasteiger partial charge >= 0.3 is 12.1 Å². The molecule has 2 aromatic heterocycles. The summed E-state index contributed by atoms with van der Waals surface area (Å²) in [4.78, 5) is 16.3. The number of alkyl halides is 3. The molecule has 3 rings (SSSR count). The Bertz CT molecular complexity index is 1050. The van der Waals surface area contributed by atoms with E-state index in [-0.39, 0.29) is 27.9 Å². The van der Waals surface area contributed by atoms with Crippen molar-refractivity contribution in [2.45, 2.75) is 19.7 Å². The van der Waals surface area contributed by atoms with Gasteiger partial charge in [0.1, 0.15) is 6.61 Å². The highest BCUT2D eigenvalue weighted by molar-refractivity contribution is 6.38. The van der Waals surface area contributed by atoms with Crippen molar-refractivity contribution >= 4 is 40.4 Å². The number of carbonyl (C=O) groups is 1. The molecular formula is C18H14Cl2F3N3O2. The summed E-state index contributed by atoms with van der Waals surface area (Å²) in [5.74, 6) is -1.59. The van der Waals surface area contributed by atoms with Crippen LogP contribution < -0.4 is 9.64 Å². The van der Waals surface area contributed by atoms with Crippen molar-refractivity contribution in [3.63, 3.8) is 0 Å². The predicted octanol–water partition coefficient (Wildman–Crippen LogP) is 5.05. The second kappa shape index (κ2) is 7.52.